The molecule has 0 aliphatic rings. The van der Waals surface area contributed by atoms with Crippen LogP contribution < -0.4 is 5.32 Å². The molecule has 7 heteroatoms. The van der Waals surface area contributed by atoms with Crippen molar-refractivity contribution < 1.29 is 18.7 Å². The summed E-state index contributed by atoms with van der Waals surface area (Å²) in [7, 11) is 1.28. The number of aromatic nitrogens is 1. The lowest BCUT2D eigenvalue weighted by molar-refractivity contribution is -0.141. The molecule has 0 bridgehead atoms. The first-order valence-electron chi connectivity index (χ1n) is 8.64. The molecule has 144 valence electrons. The van der Waals surface area contributed by atoms with Crippen molar-refractivity contribution in [3.8, 4) is 10.6 Å². The van der Waals surface area contributed by atoms with E-state index in [4.69, 9.17) is 4.74 Å². The summed E-state index contributed by atoms with van der Waals surface area (Å²) < 4.78 is 18.0. The number of halogens is 1. The molecule has 0 radical (unpaired) electrons. The second-order valence-electron chi connectivity index (χ2n) is 6.16. The fourth-order valence-corrected chi connectivity index (χ4v) is 3.71. The molecule has 5 nitrogen and oxygen atoms in total. The molecule has 0 spiro atoms. The lowest BCUT2D eigenvalue weighted by atomic mass is 10.0. The molecule has 1 heterocycles. The van der Waals surface area contributed by atoms with Gasteiger partial charge in [-0.05, 0) is 24.6 Å². The second kappa shape index (κ2) is 8.75. The molecule has 1 amide bonds. The topological polar surface area (TPSA) is 68.3 Å². The van der Waals surface area contributed by atoms with E-state index in [9.17, 15) is 14.0 Å². The van der Waals surface area contributed by atoms with Gasteiger partial charge in [-0.1, -0.05) is 42.5 Å². The van der Waals surface area contributed by atoms with Gasteiger partial charge in [0.2, 0.25) is 0 Å². The van der Waals surface area contributed by atoms with Crippen LogP contribution in [0.25, 0.3) is 10.6 Å². The maximum absolute atomic E-state index is 13.2. The molecule has 1 aromatic heterocycles. The quantitative estimate of drug-likeness (QED) is 0.629. The van der Waals surface area contributed by atoms with Crippen LogP contribution in [0.3, 0.4) is 0 Å². The summed E-state index contributed by atoms with van der Waals surface area (Å²) in [5, 5.41) is 3.59. The zero-order valence-corrected chi connectivity index (χ0v) is 16.3. The first kappa shape index (κ1) is 19.7. The van der Waals surface area contributed by atoms with Crippen LogP contribution in [0.5, 0.6) is 0 Å². The van der Waals surface area contributed by atoms with Crippen molar-refractivity contribution in [1.29, 1.82) is 0 Å². The maximum Gasteiger partial charge on any atom is 0.307 e. The van der Waals surface area contributed by atoms with Gasteiger partial charge in [0.1, 0.15) is 15.7 Å². The van der Waals surface area contributed by atoms with Crippen LogP contribution in [0.4, 0.5) is 4.39 Å². The molecule has 1 unspecified atom stereocenters. The minimum atomic E-state index is -0.637. The Hall–Kier alpha value is -3.06. The predicted molar refractivity (Wildman–Crippen MR) is 106 cm³/mol. The van der Waals surface area contributed by atoms with Gasteiger partial charge in [-0.25, -0.2) is 9.37 Å². The summed E-state index contributed by atoms with van der Waals surface area (Å²) in [6, 6.07) is 14.6. The van der Waals surface area contributed by atoms with E-state index in [0.717, 1.165) is 10.6 Å². The number of methoxy groups -OCH3 is 1. The van der Waals surface area contributed by atoms with Gasteiger partial charge in [0.25, 0.3) is 5.91 Å². The lowest BCUT2D eigenvalue weighted by Crippen LogP contribution is -2.30. The van der Waals surface area contributed by atoms with Crippen molar-refractivity contribution in [3.63, 3.8) is 0 Å². The monoisotopic (exact) mass is 398 g/mol. The van der Waals surface area contributed by atoms with E-state index in [1.807, 2.05) is 30.3 Å². The highest BCUT2D eigenvalue weighted by Gasteiger charge is 2.23. The third-order valence-corrected chi connectivity index (χ3v) is 5.40. The SMILES string of the molecule is COC(=O)CC(NC(=O)c1sc(-c2ccccc2)nc1C)c1ccc(F)cc1. The van der Waals surface area contributed by atoms with Gasteiger partial charge in [0, 0.05) is 5.56 Å². The molecule has 0 saturated heterocycles. The number of nitrogens with one attached hydrogen (secondary N) is 1. The number of thiazole rings is 1. The van der Waals surface area contributed by atoms with E-state index in [0.29, 0.717) is 16.1 Å². The Kier molecular flexibility index (Phi) is 6.16. The van der Waals surface area contributed by atoms with Gasteiger partial charge in [0.15, 0.2) is 0 Å². The molecular weight excluding hydrogens is 379 g/mol. The van der Waals surface area contributed by atoms with Crippen LogP contribution in [-0.2, 0) is 9.53 Å². The molecule has 0 saturated carbocycles. The number of ether oxygens (including phenoxy) is 1. The molecule has 1 N–H and O–H groups in total. The van der Waals surface area contributed by atoms with E-state index in [-0.39, 0.29) is 12.3 Å². The minimum absolute atomic E-state index is 0.0583. The number of hydrogen-bond donors (Lipinski definition) is 1. The molecule has 1 atom stereocenters. The first-order valence-corrected chi connectivity index (χ1v) is 9.45. The Labute approximate surface area is 166 Å². The summed E-state index contributed by atoms with van der Waals surface area (Å²) in [4.78, 5) is 29.6. The highest BCUT2D eigenvalue weighted by Crippen LogP contribution is 2.28. The standard InChI is InChI=1S/C21H19FN2O3S/c1-13-19(28-21(23-13)15-6-4-3-5-7-15)20(26)24-17(12-18(25)27-2)14-8-10-16(22)11-9-14/h3-11,17H,12H2,1-2H3,(H,24,26). The Balaban J connectivity index is 1.84. The van der Waals surface area contributed by atoms with Gasteiger partial charge in [0.05, 0.1) is 25.3 Å². The number of carbonyl (C=O) groups excluding carboxylic acids is 2. The second-order valence-corrected chi connectivity index (χ2v) is 7.16. The van der Waals surface area contributed by atoms with E-state index >= 15 is 0 Å². The van der Waals surface area contributed by atoms with Crippen molar-refractivity contribution in [1.82, 2.24) is 10.3 Å². The molecule has 0 aliphatic heterocycles. The number of rotatable bonds is 6. The highest BCUT2D eigenvalue weighted by molar-refractivity contribution is 7.17. The number of amides is 1. The number of hydrogen-bond acceptors (Lipinski definition) is 5. The van der Waals surface area contributed by atoms with Crippen LogP contribution in [0.2, 0.25) is 0 Å². The van der Waals surface area contributed by atoms with Crippen molar-refractivity contribution >= 4 is 23.2 Å². The summed E-state index contributed by atoms with van der Waals surface area (Å²) in [6.45, 7) is 1.77. The predicted octanol–water partition coefficient (Wildman–Crippen LogP) is 4.29. The maximum atomic E-state index is 13.2. The van der Waals surface area contributed by atoms with E-state index in [2.05, 4.69) is 10.3 Å². The Morgan fingerprint density at radius 3 is 2.46 bits per heavy atom. The van der Waals surface area contributed by atoms with Crippen molar-refractivity contribution in [2.45, 2.75) is 19.4 Å². The molecule has 2 aromatic carbocycles. The Bertz CT molecular complexity index is 971. The van der Waals surface area contributed by atoms with Crippen molar-refractivity contribution in [2.24, 2.45) is 0 Å². The molecular formula is C21H19FN2O3S. The summed E-state index contributed by atoms with van der Waals surface area (Å²) in [5.74, 6) is -1.20. The largest absolute Gasteiger partial charge is 0.469 e. The van der Waals surface area contributed by atoms with E-state index in [1.54, 1.807) is 6.92 Å². The van der Waals surface area contributed by atoms with Crippen LogP contribution in [0.15, 0.2) is 54.6 Å². The first-order chi connectivity index (χ1) is 13.5. The van der Waals surface area contributed by atoms with E-state index in [1.165, 1.54) is 42.7 Å². The zero-order chi connectivity index (χ0) is 20.1. The number of aryl methyl sites for hydroxylation is 1. The summed E-state index contributed by atoms with van der Waals surface area (Å²) >= 11 is 1.29. The Morgan fingerprint density at radius 2 is 1.82 bits per heavy atom. The van der Waals surface area contributed by atoms with Gasteiger partial charge in [-0.3, -0.25) is 9.59 Å². The number of carbonyl (C=O) groups is 2. The van der Waals surface area contributed by atoms with Crippen LogP contribution >= 0.6 is 11.3 Å². The van der Waals surface area contributed by atoms with Gasteiger partial charge >= 0.3 is 5.97 Å². The lowest BCUT2D eigenvalue weighted by Gasteiger charge is -2.18. The number of nitrogens with zero attached hydrogens (tertiary/aromatic N) is 1. The van der Waals surface area contributed by atoms with Crippen LogP contribution in [-0.4, -0.2) is 24.0 Å². The smallest absolute Gasteiger partial charge is 0.307 e. The highest BCUT2D eigenvalue weighted by atomic mass is 32.1. The zero-order valence-electron chi connectivity index (χ0n) is 15.4. The van der Waals surface area contributed by atoms with Crippen molar-refractivity contribution in [3.05, 3.63) is 76.5 Å². The molecule has 28 heavy (non-hydrogen) atoms. The number of esters is 1. The molecule has 3 rings (SSSR count). The van der Waals surface area contributed by atoms with E-state index < -0.39 is 17.8 Å². The van der Waals surface area contributed by atoms with Gasteiger partial charge in [-0.15, -0.1) is 11.3 Å². The fourth-order valence-electron chi connectivity index (χ4n) is 2.73. The summed E-state index contributed by atoms with van der Waals surface area (Å²) in [6.07, 6.45) is -0.0583. The average molecular weight is 398 g/mol. The van der Waals surface area contributed by atoms with Crippen LogP contribution in [0, 0.1) is 12.7 Å². The molecule has 0 aliphatic carbocycles. The van der Waals surface area contributed by atoms with Crippen LogP contribution in [0.1, 0.15) is 33.4 Å². The molecule has 3 aromatic rings. The number of benzene rings is 2. The Morgan fingerprint density at radius 1 is 1.14 bits per heavy atom. The van der Waals surface area contributed by atoms with Crippen molar-refractivity contribution in [2.75, 3.05) is 7.11 Å². The minimum Gasteiger partial charge on any atom is -0.469 e. The summed E-state index contributed by atoms with van der Waals surface area (Å²) in [5.41, 5.74) is 2.15. The fraction of sp³-hybridized carbons (Fsp3) is 0.190. The third kappa shape index (κ3) is 4.61. The third-order valence-electron chi connectivity index (χ3n) is 4.20. The normalized spacial score (nSPS) is 11.7. The van der Waals surface area contributed by atoms with Gasteiger partial charge < -0.3 is 10.1 Å². The average Bonchev–Trinajstić information content (AvgIpc) is 3.10. The molecule has 0 fully saturated rings. The van der Waals surface area contributed by atoms with Gasteiger partial charge in [-0.2, -0.15) is 0 Å².